The van der Waals surface area contributed by atoms with E-state index in [4.69, 9.17) is 11.6 Å². The zero-order valence-electron chi connectivity index (χ0n) is 8.57. The van der Waals surface area contributed by atoms with Crippen molar-refractivity contribution in [3.8, 4) is 0 Å². The number of aromatic nitrogens is 3. The quantitative estimate of drug-likeness (QED) is 0.684. The summed E-state index contributed by atoms with van der Waals surface area (Å²) in [5.74, 6) is 0.724. The summed E-state index contributed by atoms with van der Waals surface area (Å²) in [6, 6.07) is 0. The van der Waals surface area contributed by atoms with Gasteiger partial charge in [-0.05, 0) is 25.2 Å². The van der Waals surface area contributed by atoms with Crippen LogP contribution in [0, 0.1) is 5.92 Å². The molecular formula is C11H12ClN3. The lowest BCUT2D eigenvalue weighted by atomic mass is 9.88. The first-order valence-corrected chi connectivity index (χ1v) is 5.64. The highest BCUT2D eigenvalue weighted by molar-refractivity contribution is 6.32. The second kappa shape index (κ2) is 3.20. The molecule has 78 valence electrons. The highest BCUT2D eigenvalue weighted by Crippen LogP contribution is 2.30. The normalized spacial score (nSPS) is 20.5. The van der Waals surface area contributed by atoms with Gasteiger partial charge in [-0.1, -0.05) is 18.5 Å². The molecule has 1 aliphatic rings. The lowest BCUT2D eigenvalue weighted by Gasteiger charge is -2.16. The fourth-order valence-electron chi connectivity index (χ4n) is 2.31. The van der Waals surface area contributed by atoms with Gasteiger partial charge in [0.2, 0.25) is 0 Å². The zero-order chi connectivity index (χ0) is 10.4. The van der Waals surface area contributed by atoms with E-state index >= 15 is 0 Å². The average molecular weight is 222 g/mol. The number of hydrogen-bond donors (Lipinski definition) is 0. The van der Waals surface area contributed by atoms with Crippen LogP contribution in [-0.4, -0.2) is 14.6 Å². The van der Waals surface area contributed by atoms with E-state index in [1.54, 1.807) is 6.20 Å². The summed E-state index contributed by atoms with van der Waals surface area (Å²) in [5, 5.41) is 5.11. The van der Waals surface area contributed by atoms with Gasteiger partial charge in [-0.2, -0.15) is 5.10 Å². The van der Waals surface area contributed by atoms with Gasteiger partial charge in [0.15, 0.2) is 5.15 Å². The first-order chi connectivity index (χ1) is 7.25. The molecule has 1 atom stereocenters. The van der Waals surface area contributed by atoms with Crippen molar-refractivity contribution in [3.63, 3.8) is 0 Å². The zero-order valence-corrected chi connectivity index (χ0v) is 9.33. The van der Waals surface area contributed by atoms with Crippen LogP contribution in [0.5, 0.6) is 0 Å². The molecule has 0 saturated heterocycles. The van der Waals surface area contributed by atoms with Crippen LogP contribution in [0.4, 0.5) is 0 Å². The maximum atomic E-state index is 6.11. The summed E-state index contributed by atoms with van der Waals surface area (Å²) in [5.41, 5.74) is 3.50. The van der Waals surface area contributed by atoms with E-state index in [0.717, 1.165) is 24.3 Å². The Morgan fingerprint density at radius 2 is 2.40 bits per heavy atom. The minimum atomic E-state index is 0.570. The van der Waals surface area contributed by atoms with Crippen molar-refractivity contribution in [1.82, 2.24) is 14.6 Å². The monoisotopic (exact) mass is 221 g/mol. The first kappa shape index (κ1) is 9.16. The molecule has 3 rings (SSSR count). The van der Waals surface area contributed by atoms with Gasteiger partial charge in [-0.3, -0.25) is 0 Å². The van der Waals surface area contributed by atoms with E-state index in [9.17, 15) is 0 Å². The maximum absolute atomic E-state index is 6.11. The molecule has 0 radical (unpaired) electrons. The van der Waals surface area contributed by atoms with Crippen molar-refractivity contribution >= 4 is 17.1 Å². The van der Waals surface area contributed by atoms with Gasteiger partial charge in [-0.25, -0.2) is 9.50 Å². The van der Waals surface area contributed by atoms with Gasteiger partial charge < -0.3 is 0 Å². The largest absolute Gasteiger partial charge is 0.241 e. The van der Waals surface area contributed by atoms with Crippen molar-refractivity contribution in [3.05, 3.63) is 28.8 Å². The Morgan fingerprint density at radius 1 is 1.53 bits per heavy atom. The van der Waals surface area contributed by atoms with Crippen molar-refractivity contribution < 1.29 is 0 Å². The number of halogens is 1. The molecule has 3 nitrogen and oxygen atoms in total. The third-order valence-electron chi connectivity index (χ3n) is 3.11. The molecule has 2 aromatic heterocycles. The summed E-state index contributed by atoms with van der Waals surface area (Å²) >= 11 is 6.11. The van der Waals surface area contributed by atoms with E-state index in [0.29, 0.717) is 5.15 Å². The Hall–Kier alpha value is -1.09. The standard InChI is InChI=1S/C11H12ClN3/c1-7-2-3-9-8(6-7)10-11(12)13-4-5-15(10)14-9/h4-5,7H,2-3,6H2,1H3/t7-/m1/s1. The van der Waals surface area contributed by atoms with E-state index in [2.05, 4.69) is 17.0 Å². The third-order valence-corrected chi connectivity index (χ3v) is 3.39. The van der Waals surface area contributed by atoms with Crippen LogP contribution >= 0.6 is 11.6 Å². The highest BCUT2D eigenvalue weighted by Gasteiger charge is 2.22. The molecule has 15 heavy (non-hydrogen) atoms. The molecule has 0 aromatic carbocycles. The van der Waals surface area contributed by atoms with Gasteiger partial charge in [0, 0.05) is 18.0 Å². The number of hydrogen-bond acceptors (Lipinski definition) is 2. The topological polar surface area (TPSA) is 30.2 Å². The predicted octanol–water partition coefficient (Wildman–Crippen LogP) is 2.51. The number of aryl methyl sites for hydroxylation is 1. The van der Waals surface area contributed by atoms with E-state index in [-0.39, 0.29) is 0 Å². The van der Waals surface area contributed by atoms with Gasteiger partial charge in [-0.15, -0.1) is 0 Å². The molecule has 0 saturated carbocycles. The lowest BCUT2D eigenvalue weighted by molar-refractivity contribution is 0.498. The van der Waals surface area contributed by atoms with Crippen molar-refractivity contribution in [2.24, 2.45) is 5.92 Å². The SMILES string of the molecule is C[C@@H]1CCc2nn3ccnc(Cl)c3c2C1. The van der Waals surface area contributed by atoms with Crippen LogP contribution in [-0.2, 0) is 12.8 Å². The van der Waals surface area contributed by atoms with Gasteiger partial charge in [0.25, 0.3) is 0 Å². The first-order valence-electron chi connectivity index (χ1n) is 5.26. The molecule has 0 fully saturated rings. The Labute approximate surface area is 93.1 Å². The molecule has 2 aromatic rings. The Bertz CT molecular complexity index is 518. The van der Waals surface area contributed by atoms with Crippen molar-refractivity contribution in [2.45, 2.75) is 26.2 Å². The maximum Gasteiger partial charge on any atom is 0.155 e. The second-order valence-corrected chi connectivity index (χ2v) is 4.64. The summed E-state index contributed by atoms with van der Waals surface area (Å²) in [4.78, 5) is 4.12. The molecule has 1 aliphatic carbocycles. The Kier molecular flexibility index (Phi) is 1.96. The van der Waals surface area contributed by atoms with Crippen LogP contribution in [0.15, 0.2) is 12.4 Å². The van der Waals surface area contributed by atoms with Crippen LogP contribution in [0.2, 0.25) is 5.15 Å². The Balaban J connectivity index is 2.30. The minimum Gasteiger partial charge on any atom is -0.241 e. The van der Waals surface area contributed by atoms with Crippen LogP contribution in [0.1, 0.15) is 24.6 Å². The van der Waals surface area contributed by atoms with E-state index < -0.39 is 0 Å². The summed E-state index contributed by atoms with van der Waals surface area (Å²) in [6.07, 6.45) is 6.92. The smallest absolute Gasteiger partial charge is 0.155 e. The second-order valence-electron chi connectivity index (χ2n) is 4.28. The summed E-state index contributed by atoms with van der Waals surface area (Å²) < 4.78 is 1.86. The predicted molar refractivity (Wildman–Crippen MR) is 59.2 cm³/mol. The lowest BCUT2D eigenvalue weighted by Crippen LogP contribution is -2.10. The molecule has 0 bridgehead atoms. The minimum absolute atomic E-state index is 0.570. The molecule has 4 heteroatoms. The van der Waals surface area contributed by atoms with Crippen molar-refractivity contribution in [1.29, 1.82) is 0 Å². The van der Waals surface area contributed by atoms with Crippen LogP contribution in [0.3, 0.4) is 0 Å². The fourth-order valence-corrected chi connectivity index (χ4v) is 2.57. The molecule has 0 aliphatic heterocycles. The number of nitrogens with zero attached hydrogens (tertiary/aromatic N) is 3. The molecule has 2 heterocycles. The van der Waals surface area contributed by atoms with Gasteiger partial charge in [0.05, 0.1) is 5.69 Å². The van der Waals surface area contributed by atoms with Gasteiger partial charge in [0.1, 0.15) is 5.52 Å². The molecule has 0 N–H and O–H groups in total. The molecule has 0 amide bonds. The van der Waals surface area contributed by atoms with E-state index in [1.807, 2.05) is 10.7 Å². The highest BCUT2D eigenvalue weighted by atomic mass is 35.5. The van der Waals surface area contributed by atoms with E-state index in [1.165, 1.54) is 17.7 Å². The summed E-state index contributed by atoms with van der Waals surface area (Å²) in [6.45, 7) is 2.27. The molecular weight excluding hydrogens is 210 g/mol. The number of fused-ring (bicyclic) bond motifs is 3. The summed E-state index contributed by atoms with van der Waals surface area (Å²) in [7, 11) is 0. The molecule has 0 unspecified atom stereocenters. The number of rotatable bonds is 0. The van der Waals surface area contributed by atoms with Gasteiger partial charge >= 0.3 is 0 Å². The Morgan fingerprint density at radius 3 is 3.27 bits per heavy atom. The van der Waals surface area contributed by atoms with Crippen LogP contribution in [0.25, 0.3) is 5.52 Å². The fraction of sp³-hybridized carbons (Fsp3) is 0.455. The van der Waals surface area contributed by atoms with Crippen molar-refractivity contribution in [2.75, 3.05) is 0 Å². The third kappa shape index (κ3) is 1.34. The molecule has 0 spiro atoms. The van der Waals surface area contributed by atoms with Crippen LogP contribution < -0.4 is 0 Å². The average Bonchev–Trinajstić information content (AvgIpc) is 2.57.